The molecule has 0 aromatic rings. The molecule has 0 aromatic heterocycles. The molecule has 3 rings (SSSR count). The van der Waals surface area contributed by atoms with Gasteiger partial charge in [0.1, 0.15) is 11.9 Å². The van der Waals surface area contributed by atoms with Gasteiger partial charge >= 0.3 is 0 Å². The molecule has 0 bridgehead atoms. The van der Waals surface area contributed by atoms with E-state index in [1.165, 1.54) is 6.08 Å². The summed E-state index contributed by atoms with van der Waals surface area (Å²) in [5.74, 6) is -1.00. The highest BCUT2D eigenvalue weighted by Crippen LogP contribution is 2.20. The number of hydrogen-bond donors (Lipinski definition) is 1. The van der Waals surface area contributed by atoms with E-state index in [1.54, 1.807) is 13.8 Å². The number of hydrogen-bond acceptors (Lipinski definition) is 6. The minimum Gasteiger partial charge on any atom is -0.491 e. The lowest BCUT2D eigenvalue weighted by atomic mass is 10.2. The van der Waals surface area contributed by atoms with E-state index >= 15 is 0 Å². The van der Waals surface area contributed by atoms with Crippen molar-refractivity contribution in [1.29, 1.82) is 0 Å². The van der Waals surface area contributed by atoms with E-state index in [0.717, 1.165) is 6.42 Å². The number of halogens is 1. The third-order valence-corrected chi connectivity index (χ3v) is 4.84. The minimum absolute atomic E-state index is 0.00891. The quantitative estimate of drug-likeness (QED) is 0.558. The van der Waals surface area contributed by atoms with E-state index in [-0.39, 0.29) is 18.3 Å². The second-order valence-electron chi connectivity index (χ2n) is 6.83. The summed E-state index contributed by atoms with van der Waals surface area (Å²) in [6, 6.07) is 0. The number of fused-ring (bicyclic) bond motifs is 1. The lowest BCUT2D eigenvalue weighted by Gasteiger charge is -2.24. The Labute approximate surface area is 153 Å². The van der Waals surface area contributed by atoms with Gasteiger partial charge in [0, 0.05) is 26.1 Å². The standard InChI is InChI=1S/C18H27FN2O5/c1-12(13(2)26-14-4-6-23-11-14)20-18(22)15(19)3-5-21-9-16-17(10-21)25-8-7-24-16/h3,14,16-17H,4-11H2,1-2H3,(H,20,22). The molecule has 0 aliphatic carbocycles. The zero-order valence-corrected chi connectivity index (χ0v) is 15.3. The lowest BCUT2D eigenvalue weighted by Crippen LogP contribution is -2.36. The van der Waals surface area contributed by atoms with Gasteiger partial charge in [0.05, 0.1) is 44.3 Å². The number of nitrogens with one attached hydrogen (secondary N) is 1. The Bertz CT molecular complexity index is 560. The van der Waals surface area contributed by atoms with Crippen molar-refractivity contribution in [2.75, 3.05) is 46.1 Å². The van der Waals surface area contributed by atoms with Gasteiger partial charge in [-0.15, -0.1) is 0 Å². The van der Waals surface area contributed by atoms with Crippen molar-refractivity contribution in [1.82, 2.24) is 10.2 Å². The van der Waals surface area contributed by atoms with Crippen LogP contribution in [0, 0.1) is 0 Å². The van der Waals surface area contributed by atoms with E-state index in [0.29, 0.717) is 57.5 Å². The maximum atomic E-state index is 14.1. The Kier molecular flexibility index (Phi) is 6.63. The average Bonchev–Trinajstić information content (AvgIpc) is 3.28. The van der Waals surface area contributed by atoms with Crippen LogP contribution in [0.3, 0.4) is 0 Å². The van der Waals surface area contributed by atoms with Crippen LogP contribution in [0.2, 0.25) is 0 Å². The summed E-state index contributed by atoms with van der Waals surface area (Å²) in [5, 5.41) is 2.54. The highest BCUT2D eigenvalue weighted by Gasteiger charge is 2.36. The first kappa shape index (κ1) is 19.3. The predicted octanol–water partition coefficient (Wildman–Crippen LogP) is 1.11. The van der Waals surface area contributed by atoms with E-state index in [9.17, 15) is 9.18 Å². The van der Waals surface area contributed by atoms with Crippen molar-refractivity contribution in [3.05, 3.63) is 23.4 Å². The maximum absolute atomic E-state index is 14.1. The van der Waals surface area contributed by atoms with Crippen LogP contribution in [0.15, 0.2) is 23.4 Å². The molecule has 3 fully saturated rings. The number of rotatable bonds is 6. The molecule has 3 atom stereocenters. The van der Waals surface area contributed by atoms with Gasteiger partial charge in [-0.2, -0.15) is 0 Å². The largest absolute Gasteiger partial charge is 0.491 e. The first-order valence-electron chi connectivity index (χ1n) is 9.07. The molecule has 26 heavy (non-hydrogen) atoms. The smallest absolute Gasteiger partial charge is 0.283 e. The molecule has 0 spiro atoms. The lowest BCUT2D eigenvalue weighted by molar-refractivity contribution is -0.118. The summed E-state index contributed by atoms with van der Waals surface area (Å²) in [6.45, 7) is 7.57. The molecule has 3 saturated heterocycles. The van der Waals surface area contributed by atoms with E-state index in [4.69, 9.17) is 18.9 Å². The van der Waals surface area contributed by atoms with E-state index in [2.05, 4.69) is 5.32 Å². The Morgan fingerprint density at radius 2 is 1.92 bits per heavy atom. The van der Waals surface area contributed by atoms with Crippen LogP contribution < -0.4 is 5.32 Å². The highest BCUT2D eigenvalue weighted by molar-refractivity contribution is 5.92. The van der Waals surface area contributed by atoms with Crippen molar-refractivity contribution in [3.63, 3.8) is 0 Å². The number of ether oxygens (including phenoxy) is 4. The third kappa shape index (κ3) is 5.03. The zero-order valence-electron chi connectivity index (χ0n) is 15.3. The topological polar surface area (TPSA) is 69.3 Å². The van der Waals surface area contributed by atoms with Crippen LogP contribution in [0.25, 0.3) is 0 Å². The number of nitrogens with zero attached hydrogens (tertiary/aromatic N) is 1. The molecule has 1 N–H and O–H groups in total. The summed E-state index contributed by atoms with van der Waals surface area (Å²) in [5.41, 5.74) is 0.499. The fourth-order valence-electron chi connectivity index (χ4n) is 3.25. The molecular formula is C18H27FN2O5. The third-order valence-electron chi connectivity index (χ3n) is 4.84. The summed E-state index contributed by atoms with van der Waals surface area (Å²) < 4.78 is 36.3. The Morgan fingerprint density at radius 1 is 1.23 bits per heavy atom. The summed E-state index contributed by atoms with van der Waals surface area (Å²) in [4.78, 5) is 14.0. The Hall–Kier alpha value is -1.48. The van der Waals surface area contributed by atoms with Crippen LogP contribution in [0.1, 0.15) is 20.3 Å². The molecule has 3 aliphatic heterocycles. The first-order valence-corrected chi connectivity index (χ1v) is 9.07. The van der Waals surface area contributed by atoms with E-state index in [1.807, 2.05) is 4.90 Å². The second kappa shape index (κ2) is 8.94. The van der Waals surface area contributed by atoms with Crippen molar-refractivity contribution in [3.8, 4) is 0 Å². The van der Waals surface area contributed by atoms with Crippen LogP contribution in [0.5, 0.6) is 0 Å². The van der Waals surface area contributed by atoms with Crippen molar-refractivity contribution >= 4 is 5.91 Å². The van der Waals surface area contributed by atoms with Crippen LogP contribution in [-0.4, -0.2) is 75.2 Å². The summed E-state index contributed by atoms with van der Waals surface area (Å²) in [6.07, 6.45) is 2.18. The van der Waals surface area contributed by atoms with Gasteiger partial charge in [-0.25, -0.2) is 4.39 Å². The van der Waals surface area contributed by atoms with Gasteiger partial charge in [-0.1, -0.05) is 0 Å². The number of carbonyl (C=O) groups excluding carboxylic acids is 1. The average molecular weight is 370 g/mol. The molecule has 146 valence electrons. The number of likely N-dealkylation sites (tertiary alicyclic amines) is 1. The van der Waals surface area contributed by atoms with Crippen molar-refractivity contribution in [2.45, 2.75) is 38.6 Å². The molecule has 3 heterocycles. The fourth-order valence-corrected chi connectivity index (χ4v) is 3.25. The second-order valence-corrected chi connectivity index (χ2v) is 6.83. The SMILES string of the molecule is CC(NC(=O)C(F)=CCN1CC2OCCOC2C1)=C(C)OC1CCOC1. The van der Waals surface area contributed by atoms with Gasteiger partial charge in [0.2, 0.25) is 0 Å². The first-order chi connectivity index (χ1) is 12.5. The molecule has 7 nitrogen and oxygen atoms in total. The number of carbonyl (C=O) groups is 1. The van der Waals surface area contributed by atoms with Crippen LogP contribution >= 0.6 is 0 Å². The fraction of sp³-hybridized carbons (Fsp3) is 0.722. The summed E-state index contributed by atoms with van der Waals surface area (Å²) in [7, 11) is 0. The van der Waals surface area contributed by atoms with Gasteiger partial charge in [-0.3, -0.25) is 9.69 Å². The normalized spacial score (nSPS) is 30.7. The van der Waals surface area contributed by atoms with Gasteiger partial charge in [0.15, 0.2) is 5.83 Å². The van der Waals surface area contributed by atoms with E-state index < -0.39 is 11.7 Å². The Morgan fingerprint density at radius 3 is 2.54 bits per heavy atom. The molecule has 0 aromatic carbocycles. The number of allylic oxidation sites excluding steroid dienone is 2. The molecule has 0 radical (unpaired) electrons. The molecule has 8 heteroatoms. The molecule has 3 aliphatic rings. The van der Waals surface area contributed by atoms with Crippen molar-refractivity contribution < 1.29 is 28.1 Å². The maximum Gasteiger partial charge on any atom is 0.283 e. The van der Waals surface area contributed by atoms with Crippen LogP contribution in [-0.2, 0) is 23.7 Å². The summed E-state index contributed by atoms with van der Waals surface area (Å²) >= 11 is 0. The van der Waals surface area contributed by atoms with Crippen LogP contribution in [0.4, 0.5) is 4.39 Å². The molecular weight excluding hydrogens is 343 g/mol. The predicted molar refractivity (Wildman–Crippen MR) is 91.9 cm³/mol. The highest BCUT2D eigenvalue weighted by atomic mass is 19.1. The van der Waals surface area contributed by atoms with Gasteiger partial charge in [-0.05, 0) is 19.9 Å². The van der Waals surface area contributed by atoms with Gasteiger partial charge in [0.25, 0.3) is 5.91 Å². The molecule has 1 amide bonds. The monoisotopic (exact) mass is 370 g/mol. The van der Waals surface area contributed by atoms with Crippen molar-refractivity contribution in [2.24, 2.45) is 0 Å². The van der Waals surface area contributed by atoms with Gasteiger partial charge < -0.3 is 24.3 Å². The molecule has 0 saturated carbocycles. The number of amides is 1. The Balaban J connectivity index is 1.46. The minimum atomic E-state index is -0.807. The zero-order chi connectivity index (χ0) is 18.5. The molecule has 3 unspecified atom stereocenters.